The van der Waals surface area contributed by atoms with Crippen molar-refractivity contribution < 1.29 is 13.2 Å². The molecule has 0 atom stereocenters. The van der Waals surface area contributed by atoms with Crippen molar-refractivity contribution in [1.29, 1.82) is 0 Å². The van der Waals surface area contributed by atoms with E-state index in [2.05, 4.69) is 5.11 Å². The summed E-state index contributed by atoms with van der Waals surface area (Å²) in [4.78, 5) is 11.7. The fourth-order valence-electron chi connectivity index (χ4n) is 2.17. The Morgan fingerprint density at radius 2 is 1.65 bits per heavy atom. The predicted octanol–water partition coefficient (Wildman–Crippen LogP) is 3.31. The second-order valence-corrected chi connectivity index (χ2v) is 8.10. The van der Waals surface area contributed by atoms with E-state index in [1.54, 1.807) is 24.3 Å². The topological polar surface area (TPSA) is 87.6 Å². The van der Waals surface area contributed by atoms with Gasteiger partial charge in [0.15, 0.2) is 5.56 Å². The van der Waals surface area contributed by atoms with Crippen LogP contribution in [0, 0.1) is 0 Å². The van der Waals surface area contributed by atoms with Crippen LogP contribution >= 0.6 is 0 Å². The summed E-state index contributed by atoms with van der Waals surface area (Å²) in [5.74, 6) is -0.986. The normalized spacial score (nSPS) is 11.8. The molecule has 0 heterocycles. The highest BCUT2D eigenvalue weighted by molar-refractivity contribution is 7.91. The highest BCUT2D eigenvalue weighted by atomic mass is 32.2. The largest absolute Gasteiger partial charge is 0.747 e. The number of carbonyl (C=O) groups is 1. The number of hydrogen-bond acceptors (Lipinski definition) is 3. The van der Waals surface area contributed by atoms with Crippen LogP contribution in [-0.2, 0) is 15.3 Å². The van der Waals surface area contributed by atoms with Crippen LogP contribution in [-0.4, -0.2) is 14.3 Å². The second kappa shape index (κ2) is 5.99. The molecule has 1 amide bonds. The van der Waals surface area contributed by atoms with Gasteiger partial charge in [0.2, 0.25) is 9.84 Å². The van der Waals surface area contributed by atoms with Gasteiger partial charge >= 0.3 is 5.91 Å². The van der Waals surface area contributed by atoms with Crippen LogP contribution in [0.1, 0.15) is 36.7 Å². The van der Waals surface area contributed by atoms with Crippen molar-refractivity contribution in [3.05, 3.63) is 65.2 Å². The molecule has 2 rings (SSSR count). The van der Waals surface area contributed by atoms with Crippen molar-refractivity contribution >= 4 is 15.7 Å². The molecule has 0 radical (unpaired) electrons. The first-order valence-electron chi connectivity index (χ1n) is 7.02. The number of sulfone groups is 1. The van der Waals surface area contributed by atoms with Gasteiger partial charge in [-0.3, -0.25) is 0 Å². The van der Waals surface area contributed by atoms with E-state index < -0.39 is 15.7 Å². The lowest BCUT2D eigenvalue weighted by molar-refractivity contribution is 0.0977. The van der Waals surface area contributed by atoms with Gasteiger partial charge in [-0.2, -0.15) is 4.79 Å². The lowest BCUT2D eigenvalue weighted by Gasteiger charge is -2.20. The van der Waals surface area contributed by atoms with Crippen molar-refractivity contribution in [3.8, 4) is 0 Å². The molecular weight excluding hydrogens is 312 g/mol. The molecule has 0 saturated carbocycles. The maximum Gasteiger partial charge on any atom is 0.747 e. The molecule has 0 bridgehead atoms. The molecule has 23 heavy (non-hydrogen) atoms. The lowest BCUT2D eigenvalue weighted by atomic mass is 9.86. The molecular formula is C17H17N2O3S+. The Morgan fingerprint density at radius 1 is 1.04 bits per heavy atom. The van der Waals surface area contributed by atoms with Gasteiger partial charge in [-0.1, -0.05) is 50.6 Å². The van der Waals surface area contributed by atoms with E-state index in [9.17, 15) is 13.2 Å². The standard InChI is InChI=1S/C17H17N2O3S/c1-17(2,3)12-9-10-14(16(20)19-18)15(11-12)23(21,22)13-7-5-4-6-8-13/h4-11H,1-3H3/q+1. The fraction of sp³-hybridized carbons (Fsp3) is 0.235. The molecule has 2 aromatic carbocycles. The third kappa shape index (κ3) is 3.33. The average Bonchev–Trinajstić information content (AvgIpc) is 2.53. The zero-order valence-electron chi connectivity index (χ0n) is 13.1. The fourth-order valence-corrected chi connectivity index (χ4v) is 3.66. The first-order valence-corrected chi connectivity index (χ1v) is 8.50. The Bertz CT molecular complexity index is 851. The van der Waals surface area contributed by atoms with Crippen LogP contribution in [0.15, 0.2) is 58.3 Å². The zero-order chi connectivity index (χ0) is 17.3. The predicted molar refractivity (Wildman–Crippen MR) is 86.9 cm³/mol. The molecule has 0 fully saturated rings. The van der Waals surface area contributed by atoms with E-state index in [4.69, 9.17) is 5.53 Å². The van der Waals surface area contributed by atoms with E-state index >= 15 is 0 Å². The van der Waals surface area contributed by atoms with Crippen LogP contribution in [0.2, 0.25) is 0 Å². The highest BCUT2D eigenvalue weighted by Gasteiger charge is 2.37. The maximum atomic E-state index is 12.9. The molecule has 0 saturated heterocycles. The van der Waals surface area contributed by atoms with Crippen LogP contribution in [0.3, 0.4) is 0 Å². The van der Waals surface area contributed by atoms with Crippen LogP contribution in [0.4, 0.5) is 0 Å². The van der Waals surface area contributed by atoms with E-state index in [0.717, 1.165) is 5.56 Å². The van der Waals surface area contributed by atoms with Crippen molar-refractivity contribution in [2.24, 2.45) is 0 Å². The van der Waals surface area contributed by atoms with Gasteiger partial charge in [0.05, 0.1) is 9.79 Å². The Balaban J connectivity index is 2.77. The smallest absolute Gasteiger partial charge is 0.218 e. The quantitative estimate of drug-likeness (QED) is 0.809. The van der Waals surface area contributed by atoms with Gasteiger partial charge in [0.1, 0.15) is 0 Å². The molecule has 0 aromatic heterocycles. The number of benzene rings is 2. The van der Waals surface area contributed by atoms with Crippen molar-refractivity contribution in [1.82, 2.24) is 5.11 Å². The second-order valence-electron chi connectivity index (χ2n) is 6.18. The summed E-state index contributed by atoms with van der Waals surface area (Å²) in [6.07, 6.45) is 0. The first-order chi connectivity index (χ1) is 10.7. The molecule has 0 unspecified atom stereocenters. The highest BCUT2D eigenvalue weighted by Crippen LogP contribution is 2.30. The van der Waals surface area contributed by atoms with Gasteiger partial charge in [0.25, 0.3) is 5.11 Å². The average molecular weight is 329 g/mol. The molecule has 2 aromatic rings. The van der Waals surface area contributed by atoms with E-state index in [1.807, 2.05) is 20.8 Å². The third-order valence-electron chi connectivity index (χ3n) is 3.51. The minimum atomic E-state index is -3.90. The van der Waals surface area contributed by atoms with Gasteiger partial charge < -0.3 is 0 Å². The maximum absolute atomic E-state index is 12.9. The molecule has 118 valence electrons. The SMILES string of the molecule is CC(C)(C)c1ccc(C(=O)[N+2]=[N-])c(S(=O)(=O)c2ccccc2)c1. The number of nitrogens with zero attached hydrogens (tertiary/aromatic N) is 2. The number of amides is 1. The Morgan fingerprint density at radius 3 is 2.17 bits per heavy atom. The summed E-state index contributed by atoms with van der Waals surface area (Å²) < 4.78 is 25.8. The molecule has 0 aliphatic rings. The Labute approximate surface area is 135 Å². The summed E-state index contributed by atoms with van der Waals surface area (Å²) >= 11 is 0. The molecule has 0 N–H and O–H groups in total. The summed E-state index contributed by atoms with van der Waals surface area (Å²) in [5.41, 5.74) is 9.08. The molecule has 6 heteroatoms. The third-order valence-corrected chi connectivity index (χ3v) is 5.32. The van der Waals surface area contributed by atoms with Gasteiger partial charge in [-0.05, 0) is 35.2 Å². The minimum Gasteiger partial charge on any atom is -0.218 e. The lowest BCUT2D eigenvalue weighted by Crippen LogP contribution is -2.16. The van der Waals surface area contributed by atoms with Gasteiger partial charge in [-0.15, -0.1) is 0 Å². The Hall–Kier alpha value is -2.43. The summed E-state index contributed by atoms with van der Waals surface area (Å²) in [5, 5.41) is 2.62. The van der Waals surface area contributed by atoms with Gasteiger partial charge in [0, 0.05) is 0 Å². The molecule has 5 nitrogen and oxygen atoms in total. The number of carbonyl (C=O) groups excluding carboxylic acids is 1. The molecule has 0 aliphatic heterocycles. The van der Waals surface area contributed by atoms with E-state index in [-0.39, 0.29) is 20.8 Å². The van der Waals surface area contributed by atoms with Crippen LogP contribution in [0.25, 0.3) is 5.53 Å². The van der Waals surface area contributed by atoms with Crippen molar-refractivity contribution in [2.75, 3.05) is 0 Å². The molecule has 0 spiro atoms. The summed E-state index contributed by atoms with van der Waals surface area (Å²) in [6, 6.07) is 12.4. The van der Waals surface area contributed by atoms with E-state index in [1.165, 1.54) is 24.3 Å². The zero-order valence-corrected chi connectivity index (χ0v) is 14.0. The van der Waals surface area contributed by atoms with Gasteiger partial charge in [-0.25, -0.2) is 8.42 Å². The van der Waals surface area contributed by atoms with Crippen molar-refractivity contribution in [2.45, 2.75) is 36.0 Å². The first kappa shape index (κ1) is 16.9. The van der Waals surface area contributed by atoms with Crippen LogP contribution < -0.4 is 5.11 Å². The molecule has 0 aliphatic carbocycles. The van der Waals surface area contributed by atoms with Crippen LogP contribution in [0.5, 0.6) is 0 Å². The summed E-state index contributed by atoms with van der Waals surface area (Å²) in [7, 11) is -3.90. The minimum absolute atomic E-state index is 0.0815. The monoisotopic (exact) mass is 329 g/mol. The summed E-state index contributed by atoms with van der Waals surface area (Å²) in [6.45, 7) is 5.83. The number of hydrogen-bond donors (Lipinski definition) is 0. The number of rotatable bonds is 3. The van der Waals surface area contributed by atoms with E-state index in [0.29, 0.717) is 0 Å². The Kier molecular flexibility index (Phi) is 4.41. The van der Waals surface area contributed by atoms with Crippen molar-refractivity contribution in [3.63, 3.8) is 0 Å².